The molecule has 2 aromatic rings. The van der Waals surface area contributed by atoms with Gasteiger partial charge in [0.1, 0.15) is 5.75 Å². The highest BCUT2D eigenvalue weighted by Crippen LogP contribution is 2.34. The van der Waals surface area contributed by atoms with E-state index in [2.05, 4.69) is 12.0 Å². The van der Waals surface area contributed by atoms with E-state index in [1.54, 1.807) is 13.3 Å². The number of rotatable bonds is 4. The van der Waals surface area contributed by atoms with Crippen LogP contribution in [0.3, 0.4) is 0 Å². The zero-order chi connectivity index (χ0) is 16.2. The first-order chi connectivity index (χ1) is 11.2. The number of fused-ring (bicyclic) bond motifs is 1. The van der Waals surface area contributed by atoms with Gasteiger partial charge in [-0.05, 0) is 37.8 Å². The van der Waals surface area contributed by atoms with Crippen molar-refractivity contribution in [2.75, 3.05) is 18.6 Å². The predicted octanol–water partition coefficient (Wildman–Crippen LogP) is 3.28. The standard InChI is InChI=1S/C18H23N3O2/c1-3-10-20-13-14(12-19-20)18(22)21-11-5-4-7-15-16(21)8-6-9-17(15)23-2/h6,8-9,12-13H,3-5,7,10-11H2,1-2H3. The van der Waals surface area contributed by atoms with Gasteiger partial charge >= 0.3 is 0 Å². The molecule has 0 bridgehead atoms. The third kappa shape index (κ3) is 3.09. The van der Waals surface area contributed by atoms with Crippen molar-refractivity contribution in [3.8, 4) is 5.75 Å². The minimum Gasteiger partial charge on any atom is -0.496 e. The summed E-state index contributed by atoms with van der Waals surface area (Å²) in [6.45, 7) is 3.66. The Morgan fingerprint density at radius 3 is 3.00 bits per heavy atom. The Bertz CT molecular complexity index is 693. The van der Waals surface area contributed by atoms with E-state index in [-0.39, 0.29) is 5.91 Å². The first-order valence-corrected chi connectivity index (χ1v) is 8.24. The van der Waals surface area contributed by atoms with E-state index in [0.29, 0.717) is 5.56 Å². The van der Waals surface area contributed by atoms with Gasteiger partial charge in [-0.15, -0.1) is 0 Å². The van der Waals surface area contributed by atoms with Crippen molar-refractivity contribution >= 4 is 11.6 Å². The number of carbonyl (C=O) groups excluding carboxylic acids is 1. The molecule has 3 rings (SSSR count). The van der Waals surface area contributed by atoms with Gasteiger partial charge in [0.2, 0.25) is 0 Å². The Kier molecular flexibility index (Phi) is 4.65. The fourth-order valence-electron chi connectivity index (χ4n) is 3.13. The van der Waals surface area contributed by atoms with Crippen LogP contribution >= 0.6 is 0 Å². The van der Waals surface area contributed by atoms with Crippen LogP contribution in [0.2, 0.25) is 0 Å². The third-order valence-electron chi connectivity index (χ3n) is 4.26. The number of ether oxygens (including phenoxy) is 1. The molecule has 2 heterocycles. The molecule has 1 aliphatic rings. The first kappa shape index (κ1) is 15.6. The molecule has 1 aromatic heterocycles. The lowest BCUT2D eigenvalue weighted by Gasteiger charge is -2.23. The van der Waals surface area contributed by atoms with Crippen molar-refractivity contribution < 1.29 is 9.53 Å². The normalized spacial score (nSPS) is 14.3. The van der Waals surface area contributed by atoms with Crippen LogP contribution in [0.25, 0.3) is 0 Å². The molecule has 0 fully saturated rings. The lowest BCUT2D eigenvalue weighted by Crippen LogP contribution is -2.31. The second kappa shape index (κ2) is 6.86. The van der Waals surface area contributed by atoms with Crippen LogP contribution < -0.4 is 9.64 Å². The molecule has 1 amide bonds. The Hall–Kier alpha value is -2.30. The molecule has 0 saturated heterocycles. The number of hydrogen-bond acceptors (Lipinski definition) is 3. The summed E-state index contributed by atoms with van der Waals surface area (Å²) in [6.07, 6.45) is 7.51. The van der Waals surface area contributed by atoms with E-state index < -0.39 is 0 Å². The van der Waals surface area contributed by atoms with Crippen molar-refractivity contribution in [3.63, 3.8) is 0 Å². The monoisotopic (exact) mass is 313 g/mol. The van der Waals surface area contributed by atoms with Crippen molar-refractivity contribution in [2.24, 2.45) is 0 Å². The number of anilines is 1. The maximum atomic E-state index is 13.0. The average Bonchev–Trinajstić information content (AvgIpc) is 2.92. The molecule has 1 aromatic carbocycles. The van der Waals surface area contributed by atoms with Gasteiger partial charge in [-0.2, -0.15) is 5.10 Å². The first-order valence-electron chi connectivity index (χ1n) is 8.24. The van der Waals surface area contributed by atoms with Crippen LogP contribution in [0.1, 0.15) is 42.1 Å². The van der Waals surface area contributed by atoms with E-state index in [4.69, 9.17) is 4.74 Å². The molecule has 122 valence electrons. The third-order valence-corrected chi connectivity index (χ3v) is 4.26. The van der Waals surface area contributed by atoms with Gasteiger partial charge in [0.25, 0.3) is 5.91 Å². The second-order valence-corrected chi connectivity index (χ2v) is 5.86. The smallest absolute Gasteiger partial charge is 0.261 e. The fraction of sp³-hybridized carbons (Fsp3) is 0.444. The highest BCUT2D eigenvalue weighted by molar-refractivity contribution is 6.06. The van der Waals surface area contributed by atoms with Crippen LogP contribution in [-0.2, 0) is 13.0 Å². The van der Waals surface area contributed by atoms with E-state index in [1.165, 1.54) is 0 Å². The molecule has 0 N–H and O–H groups in total. The molecule has 5 heteroatoms. The Balaban J connectivity index is 1.94. The summed E-state index contributed by atoms with van der Waals surface area (Å²) in [5.74, 6) is 0.882. The van der Waals surface area contributed by atoms with E-state index >= 15 is 0 Å². The summed E-state index contributed by atoms with van der Waals surface area (Å²) in [7, 11) is 1.68. The minimum atomic E-state index is 0.0174. The summed E-state index contributed by atoms with van der Waals surface area (Å²) < 4.78 is 7.31. The molecular formula is C18H23N3O2. The highest BCUT2D eigenvalue weighted by Gasteiger charge is 2.25. The maximum Gasteiger partial charge on any atom is 0.261 e. The molecule has 0 atom stereocenters. The molecule has 0 aliphatic carbocycles. The fourth-order valence-corrected chi connectivity index (χ4v) is 3.13. The summed E-state index contributed by atoms with van der Waals surface area (Å²) in [6, 6.07) is 5.92. The zero-order valence-electron chi connectivity index (χ0n) is 13.8. The van der Waals surface area contributed by atoms with Gasteiger partial charge in [0, 0.05) is 24.8 Å². The maximum absolute atomic E-state index is 13.0. The SMILES string of the molecule is CCCn1cc(C(=O)N2CCCCc3c(OC)cccc32)cn1. The molecule has 23 heavy (non-hydrogen) atoms. The largest absolute Gasteiger partial charge is 0.496 e. The van der Waals surface area contributed by atoms with Crippen LogP contribution in [0.5, 0.6) is 5.75 Å². The van der Waals surface area contributed by atoms with Crippen LogP contribution in [0, 0.1) is 0 Å². The van der Waals surface area contributed by atoms with Crippen LogP contribution in [0.15, 0.2) is 30.6 Å². The van der Waals surface area contributed by atoms with Gasteiger partial charge in [0.05, 0.1) is 24.6 Å². The number of methoxy groups -OCH3 is 1. The number of amides is 1. The highest BCUT2D eigenvalue weighted by atomic mass is 16.5. The van der Waals surface area contributed by atoms with Gasteiger partial charge < -0.3 is 9.64 Å². The zero-order valence-corrected chi connectivity index (χ0v) is 13.8. The Morgan fingerprint density at radius 1 is 1.35 bits per heavy atom. The van der Waals surface area contributed by atoms with Gasteiger partial charge in [-0.1, -0.05) is 13.0 Å². The summed E-state index contributed by atoms with van der Waals surface area (Å²) in [5.41, 5.74) is 2.74. The lowest BCUT2D eigenvalue weighted by molar-refractivity contribution is 0.0987. The number of hydrogen-bond donors (Lipinski definition) is 0. The number of aryl methyl sites for hydroxylation is 1. The van der Waals surface area contributed by atoms with E-state index in [9.17, 15) is 4.79 Å². The summed E-state index contributed by atoms with van der Waals surface area (Å²) in [4.78, 5) is 14.8. The number of aromatic nitrogens is 2. The molecule has 0 saturated carbocycles. The van der Waals surface area contributed by atoms with Crippen LogP contribution in [-0.4, -0.2) is 29.3 Å². The number of nitrogens with zero attached hydrogens (tertiary/aromatic N) is 3. The quantitative estimate of drug-likeness (QED) is 0.870. The average molecular weight is 313 g/mol. The van der Waals surface area contributed by atoms with Crippen molar-refractivity contribution in [2.45, 2.75) is 39.2 Å². The number of carbonyl (C=O) groups is 1. The lowest BCUT2D eigenvalue weighted by atomic mass is 10.1. The van der Waals surface area contributed by atoms with Crippen LogP contribution in [0.4, 0.5) is 5.69 Å². The van der Waals surface area contributed by atoms with Crippen molar-refractivity contribution in [1.29, 1.82) is 0 Å². The Labute approximate surface area is 136 Å². The summed E-state index contributed by atoms with van der Waals surface area (Å²) >= 11 is 0. The second-order valence-electron chi connectivity index (χ2n) is 5.86. The Morgan fingerprint density at radius 2 is 2.22 bits per heavy atom. The van der Waals surface area contributed by atoms with Crippen molar-refractivity contribution in [1.82, 2.24) is 9.78 Å². The van der Waals surface area contributed by atoms with Gasteiger partial charge in [-0.25, -0.2) is 0 Å². The van der Waals surface area contributed by atoms with E-state index in [1.807, 2.05) is 34.0 Å². The topological polar surface area (TPSA) is 47.4 Å². The molecule has 0 radical (unpaired) electrons. The summed E-state index contributed by atoms with van der Waals surface area (Å²) in [5, 5.41) is 4.28. The number of benzene rings is 1. The van der Waals surface area contributed by atoms with E-state index in [0.717, 1.165) is 55.8 Å². The molecule has 0 spiro atoms. The molecular weight excluding hydrogens is 290 g/mol. The predicted molar refractivity (Wildman–Crippen MR) is 90.1 cm³/mol. The van der Waals surface area contributed by atoms with Gasteiger partial charge in [0.15, 0.2) is 0 Å². The minimum absolute atomic E-state index is 0.0174. The molecule has 1 aliphatic heterocycles. The molecule has 5 nitrogen and oxygen atoms in total. The van der Waals surface area contributed by atoms with Crippen molar-refractivity contribution in [3.05, 3.63) is 41.7 Å². The molecule has 0 unspecified atom stereocenters. The van der Waals surface area contributed by atoms with Gasteiger partial charge in [-0.3, -0.25) is 9.48 Å².